The van der Waals surface area contributed by atoms with Crippen LogP contribution in [0.15, 0.2) is 53.0 Å². The highest BCUT2D eigenvalue weighted by molar-refractivity contribution is 9.10. The molecule has 0 radical (unpaired) electrons. The highest BCUT2D eigenvalue weighted by Gasteiger charge is 2.03. The first kappa shape index (κ1) is 14.4. The van der Waals surface area contributed by atoms with Gasteiger partial charge < -0.3 is 15.4 Å². The van der Waals surface area contributed by atoms with Gasteiger partial charge in [-0.3, -0.25) is 0 Å². The number of hydrogen-bond acceptors (Lipinski definition) is 2. The van der Waals surface area contributed by atoms with Gasteiger partial charge in [-0.1, -0.05) is 29.8 Å². The van der Waals surface area contributed by atoms with E-state index >= 15 is 0 Å². The molecule has 20 heavy (non-hydrogen) atoms. The molecule has 0 aromatic heterocycles. The summed E-state index contributed by atoms with van der Waals surface area (Å²) in [5, 5.41) is 5.36. The molecule has 0 aliphatic rings. The van der Waals surface area contributed by atoms with Gasteiger partial charge in [-0.25, -0.2) is 4.79 Å². The van der Waals surface area contributed by atoms with E-state index in [2.05, 4.69) is 26.6 Å². The summed E-state index contributed by atoms with van der Waals surface area (Å²) in [5.74, 6) is 0.719. The van der Waals surface area contributed by atoms with Crippen LogP contribution in [0.2, 0.25) is 0 Å². The molecule has 0 spiro atoms. The van der Waals surface area contributed by atoms with Crippen LogP contribution in [0.5, 0.6) is 5.75 Å². The lowest BCUT2D eigenvalue weighted by molar-refractivity contribution is 0.234. The van der Waals surface area contributed by atoms with Crippen LogP contribution in [0.4, 0.5) is 10.5 Å². The summed E-state index contributed by atoms with van der Waals surface area (Å²) in [6.07, 6.45) is 0. The highest BCUT2D eigenvalue weighted by Crippen LogP contribution is 2.20. The summed E-state index contributed by atoms with van der Waals surface area (Å²) in [7, 11) is 0. The number of benzene rings is 2. The molecule has 5 heteroatoms. The minimum Gasteiger partial charge on any atom is -0.473 e. The van der Waals surface area contributed by atoms with Crippen LogP contribution >= 0.6 is 15.9 Å². The van der Waals surface area contributed by atoms with E-state index in [0.717, 1.165) is 15.8 Å². The summed E-state index contributed by atoms with van der Waals surface area (Å²) >= 11 is 3.36. The zero-order valence-electron chi connectivity index (χ0n) is 11.0. The molecule has 0 aliphatic carbocycles. The number of anilines is 1. The van der Waals surface area contributed by atoms with E-state index in [1.807, 2.05) is 55.5 Å². The minimum atomic E-state index is -0.316. The van der Waals surface area contributed by atoms with E-state index in [0.29, 0.717) is 5.69 Å². The monoisotopic (exact) mass is 334 g/mol. The molecular weight excluding hydrogens is 320 g/mol. The smallest absolute Gasteiger partial charge is 0.321 e. The van der Waals surface area contributed by atoms with Crippen molar-refractivity contribution in [2.24, 2.45) is 0 Å². The molecule has 2 aromatic carbocycles. The molecule has 0 heterocycles. The maximum absolute atomic E-state index is 11.7. The van der Waals surface area contributed by atoms with Crippen molar-refractivity contribution in [3.8, 4) is 5.75 Å². The first-order valence-corrected chi connectivity index (χ1v) is 6.93. The number of hydrogen-bond donors (Lipinski definition) is 2. The molecule has 2 aromatic rings. The summed E-state index contributed by atoms with van der Waals surface area (Å²) in [4.78, 5) is 11.7. The van der Waals surface area contributed by atoms with E-state index in [-0.39, 0.29) is 12.8 Å². The Morgan fingerprint density at radius 2 is 1.85 bits per heavy atom. The van der Waals surface area contributed by atoms with Crippen LogP contribution in [0.1, 0.15) is 5.56 Å². The van der Waals surface area contributed by atoms with Crippen molar-refractivity contribution in [2.75, 3.05) is 12.0 Å². The summed E-state index contributed by atoms with van der Waals surface area (Å²) < 4.78 is 6.24. The molecule has 4 nitrogen and oxygen atoms in total. The summed E-state index contributed by atoms with van der Waals surface area (Å²) in [6, 6.07) is 14.7. The standard InChI is InChI=1S/C15H15BrN2O2/c1-11-6-8-12(9-7-11)20-10-17-15(19)18-14-5-3-2-4-13(14)16/h2-9H,10H2,1H3,(H2,17,18,19). The van der Waals surface area contributed by atoms with Crippen LogP contribution in [-0.2, 0) is 0 Å². The third-order valence-corrected chi connectivity index (χ3v) is 3.31. The van der Waals surface area contributed by atoms with Crippen LogP contribution < -0.4 is 15.4 Å². The molecule has 0 aliphatic heterocycles. The summed E-state index contributed by atoms with van der Waals surface area (Å²) in [6.45, 7) is 2.12. The largest absolute Gasteiger partial charge is 0.473 e. The van der Waals surface area contributed by atoms with Crippen molar-refractivity contribution >= 4 is 27.6 Å². The summed E-state index contributed by atoms with van der Waals surface area (Å²) in [5.41, 5.74) is 1.87. The van der Waals surface area contributed by atoms with Gasteiger partial charge in [0.1, 0.15) is 5.75 Å². The van der Waals surface area contributed by atoms with Crippen molar-refractivity contribution < 1.29 is 9.53 Å². The number of urea groups is 1. The lowest BCUT2D eigenvalue weighted by Gasteiger charge is -2.10. The number of halogens is 1. The number of carbonyl (C=O) groups excluding carboxylic acids is 1. The van der Waals surface area contributed by atoms with E-state index in [9.17, 15) is 4.79 Å². The Morgan fingerprint density at radius 3 is 2.55 bits per heavy atom. The van der Waals surface area contributed by atoms with E-state index in [1.54, 1.807) is 0 Å². The van der Waals surface area contributed by atoms with E-state index in [4.69, 9.17) is 4.74 Å². The fourth-order valence-electron chi connectivity index (χ4n) is 1.55. The lowest BCUT2D eigenvalue weighted by Crippen LogP contribution is -2.32. The first-order chi connectivity index (χ1) is 9.65. The number of ether oxygens (including phenoxy) is 1. The van der Waals surface area contributed by atoms with Crippen molar-refractivity contribution in [1.29, 1.82) is 0 Å². The van der Waals surface area contributed by atoms with Gasteiger partial charge >= 0.3 is 6.03 Å². The Balaban J connectivity index is 1.78. The van der Waals surface area contributed by atoms with Crippen LogP contribution in [-0.4, -0.2) is 12.8 Å². The van der Waals surface area contributed by atoms with Crippen molar-refractivity contribution in [3.63, 3.8) is 0 Å². The Bertz CT molecular complexity index is 585. The van der Waals surface area contributed by atoms with Crippen molar-refractivity contribution in [2.45, 2.75) is 6.92 Å². The molecule has 104 valence electrons. The number of rotatable bonds is 4. The number of carbonyl (C=O) groups is 1. The Kier molecular flexibility index (Phi) is 5.01. The number of nitrogens with one attached hydrogen (secondary N) is 2. The third kappa shape index (κ3) is 4.28. The van der Waals surface area contributed by atoms with Crippen LogP contribution in [0.3, 0.4) is 0 Å². The van der Waals surface area contributed by atoms with Gasteiger partial charge in [0, 0.05) is 4.47 Å². The lowest BCUT2D eigenvalue weighted by atomic mass is 10.2. The predicted molar refractivity (Wildman–Crippen MR) is 83.0 cm³/mol. The van der Waals surface area contributed by atoms with Gasteiger partial charge in [-0.05, 0) is 47.1 Å². The Morgan fingerprint density at radius 1 is 1.15 bits per heavy atom. The molecular formula is C15H15BrN2O2. The molecule has 2 amide bonds. The second kappa shape index (κ2) is 6.96. The first-order valence-electron chi connectivity index (χ1n) is 6.14. The number of amides is 2. The maximum atomic E-state index is 11.7. The molecule has 0 unspecified atom stereocenters. The van der Waals surface area contributed by atoms with Crippen molar-refractivity contribution in [3.05, 3.63) is 58.6 Å². The maximum Gasteiger partial charge on any atom is 0.321 e. The molecule has 0 atom stereocenters. The molecule has 0 saturated heterocycles. The van der Waals surface area contributed by atoms with Gasteiger partial charge in [0.15, 0.2) is 6.73 Å². The van der Waals surface area contributed by atoms with Gasteiger partial charge in [0.05, 0.1) is 5.69 Å². The van der Waals surface area contributed by atoms with E-state index < -0.39 is 0 Å². The minimum absolute atomic E-state index is 0.110. The zero-order chi connectivity index (χ0) is 14.4. The second-order valence-electron chi connectivity index (χ2n) is 4.21. The number of para-hydroxylation sites is 1. The van der Waals surface area contributed by atoms with Gasteiger partial charge in [-0.2, -0.15) is 0 Å². The highest BCUT2D eigenvalue weighted by atomic mass is 79.9. The number of aryl methyl sites for hydroxylation is 1. The van der Waals surface area contributed by atoms with Gasteiger partial charge in [-0.15, -0.1) is 0 Å². The van der Waals surface area contributed by atoms with Gasteiger partial charge in [0.2, 0.25) is 0 Å². The zero-order valence-corrected chi connectivity index (χ0v) is 12.6. The normalized spacial score (nSPS) is 9.90. The molecule has 2 rings (SSSR count). The topological polar surface area (TPSA) is 50.4 Å². The molecule has 0 fully saturated rings. The van der Waals surface area contributed by atoms with Crippen molar-refractivity contribution in [1.82, 2.24) is 5.32 Å². The molecule has 0 saturated carbocycles. The average molecular weight is 335 g/mol. The van der Waals surface area contributed by atoms with Gasteiger partial charge in [0.25, 0.3) is 0 Å². The SMILES string of the molecule is Cc1ccc(OCNC(=O)Nc2ccccc2Br)cc1. The molecule has 2 N–H and O–H groups in total. The fraction of sp³-hybridized carbons (Fsp3) is 0.133. The van der Waals surface area contributed by atoms with E-state index in [1.165, 1.54) is 0 Å². The fourth-order valence-corrected chi connectivity index (χ4v) is 1.93. The van der Waals surface area contributed by atoms with Crippen LogP contribution in [0, 0.1) is 6.92 Å². The third-order valence-electron chi connectivity index (χ3n) is 2.61. The van der Waals surface area contributed by atoms with Crippen LogP contribution in [0.25, 0.3) is 0 Å². The predicted octanol–water partition coefficient (Wildman–Crippen LogP) is 3.92. The Hall–Kier alpha value is -2.01. The Labute approximate surface area is 126 Å². The molecule has 0 bridgehead atoms. The second-order valence-corrected chi connectivity index (χ2v) is 5.07. The average Bonchev–Trinajstić information content (AvgIpc) is 2.44. The quantitative estimate of drug-likeness (QED) is 0.832.